The minimum atomic E-state index is -0.902. The van der Waals surface area contributed by atoms with Crippen LogP contribution in [-0.4, -0.2) is 29.1 Å². The van der Waals surface area contributed by atoms with E-state index in [9.17, 15) is 4.79 Å². The van der Waals surface area contributed by atoms with Crippen molar-refractivity contribution in [1.29, 1.82) is 0 Å². The highest BCUT2D eigenvalue weighted by Crippen LogP contribution is 2.23. The Morgan fingerprint density at radius 3 is 2.09 bits per heavy atom. The van der Waals surface area contributed by atoms with Crippen LogP contribution in [0, 0.1) is 0 Å². The van der Waals surface area contributed by atoms with Gasteiger partial charge in [0, 0.05) is 24.8 Å². The normalized spacial score (nSPS) is 15.4. The molecule has 22 heavy (non-hydrogen) atoms. The van der Waals surface area contributed by atoms with Gasteiger partial charge in [0.1, 0.15) is 5.82 Å². The summed E-state index contributed by atoms with van der Waals surface area (Å²) in [5, 5.41) is 8.93. The number of anilines is 1. The van der Waals surface area contributed by atoms with E-state index in [1.54, 1.807) is 12.1 Å². The third-order valence-electron chi connectivity index (χ3n) is 4.14. The van der Waals surface area contributed by atoms with Gasteiger partial charge >= 0.3 is 5.97 Å². The van der Waals surface area contributed by atoms with Crippen LogP contribution in [-0.2, 0) is 0 Å². The maximum absolute atomic E-state index is 10.9. The average molecular weight is 296 g/mol. The molecule has 4 nitrogen and oxygen atoms in total. The maximum Gasteiger partial charge on any atom is 0.335 e. The lowest BCUT2D eigenvalue weighted by atomic mass is 10.1. The summed E-state index contributed by atoms with van der Waals surface area (Å²) in [6.45, 7) is 2.17. The topological polar surface area (TPSA) is 53.4 Å². The molecule has 2 heterocycles. The van der Waals surface area contributed by atoms with Gasteiger partial charge in [-0.2, -0.15) is 0 Å². The molecule has 1 aromatic carbocycles. The molecule has 0 amide bonds. The SMILES string of the molecule is O=C(O)c1ccc(-c2ccc(N3CCCCCC3)nc2)cc1. The van der Waals surface area contributed by atoms with E-state index in [0.717, 1.165) is 30.0 Å². The van der Waals surface area contributed by atoms with Gasteiger partial charge in [-0.25, -0.2) is 9.78 Å². The first-order chi connectivity index (χ1) is 10.7. The van der Waals surface area contributed by atoms with E-state index in [-0.39, 0.29) is 0 Å². The molecule has 114 valence electrons. The quantitative estimate of drug-likeness (QED) is 0.935. The van der Waals surface area contributed by atoms with Crippen LogP contribution < -0.4 is 4.90 Å². The van der Waals surface area contributed by atoms with Crippen molar-refractivity contribution < 1.29 is 9.90 Å². The zero-order valence-electron chi connectivity index (χ0n) is 12.5. The number of hydrogen-bond donors (Lipinski definition) is 1. The standard InChI is InChI=1S/C18H20N2O2/c21-18(22)15-7-5-14(6-8-15)16-9-10-17(19-13-16)20-11-3-1-2-4-12-20/h5-10,13H,1-4,11-12H2,(H,21,22). The van der Waals surface area contributed by atoms with E-state index >= 15 is 0 Å². The molecular weight excluding hydrogens is 276 g/mol. The van der Waals surface area contributed by atoms with Crippen molar-refractivity contribution in [3.8, 4) is 11.1 Å². The van der Waals surface area contributed by atoms with E-state index in [1.807, 2.05) is 18.3 Å². The highest BCUT2D eigenvalue weighted by molar-refractivity contribution is 5.88. The fourth-order valence-electron chi connectivity index (χ4n) is 2.85. The Morgan fingerprint density at radius 2 is 1.55 bits per heavy atom. The molecule has 0 saturated carbocycles. The molecule has 1 N–H and O–H groups in total. The Kier molecular flexibility index (Phi) is 4.37. The fourth-order valence-corrected chi connectivity index (χ4v) is 2.85. The number of rotatable bonds is 3. The average Bonchev–Trinajstić information content (AvgIpc) is 2.84. The predicted molar refractivity (Wildman–Crippen MR) is 87.3 cm³/mol. The van der Waals surface area contributed by atoms with Crippen molar-refractivity contribution in [2.24, 2.45) is 0 Å². The highest BCUT2D eigenvalue weighted by atomic mass is 16.4. The molecule has 1 aliphatic rings. The molecule has 0 bridgehead atoms. The summed E-state index contributed by atoms with van der Waals surface area (Å²) in [4.78, 5) is 17.8. The van der Waals surface area contributed by atoms with E-state index in [1.165, 1.54) is 25.7 Å². The Hall–Kier alpha value is -2.36. The number of carboxylic acid groups (broad SMARTS) is 1. The lowest BCUT2D eigenvalue weighted by Crippen LogP contribution is -2.24. The minimum absolute atomic E-state index is 0.304. The summed E-state index contributed by atoms with van der Waals surface area (Å²) in [6, 6.07) is 11.0. The smallest absolute Gasteiger partial charge is 0.335 e. The third kappa shape index (κ3) is 3.27. The second kappa shape index (κ2) is 6.60. The number of aromatic carboxylic acids is 1. The van der Waals surface area contributed by atoms with E-state index < -0.39 is 5.97 Å². The molecule has 4 heteroatoms. The summed E-state index contributed by atoms with van der Waals surface area (Å²) >= 11 is 0. The van der Waals surface area contributed by atoms with Gasteiger partial charge in [-0.15, -0.1) is 0 Å². The fraction of sp³-hybridized carbons (Fsp3) is 0.333. The summed E-state index contributed by atoms with van der Waals surface area (Å²) in [5.74, 6) is 0.133. The molecule has 1 fully saturated rings. The first-order valence-corrected chi connectivity index (χ1v) is 7.79. The van der Waals surface area contributed by atoms with Gasteiger partial charge in [-0.05, 0) is 42.7 Å². The minimum Gasteiger partial charge on any atom is -0.478 e. The molecule has 0 spiro atoms. The van der Waals surface area contributed by atoms with Crippen LogP contribution in [0.2, 0.25) is 0 Å². The number of benzene rings is 1. The van der Waals surface area contributed by atoms with Crippen molar-refractivity contribution in [3.05, 3.63) is 48.2 Å². The molecule has 1 saturated heterocycles. The lowest BCUT2D eigenvalue weighted by molar-refractivity contribution is 0.0697. The maximum atomic E-state index is 10.9. The summed E-state index contributed by atoms with van der Waals surface area (Å²) in [7, 11) is 0. The first kappa shape index (κ1) is 14.6. The van der Waals surface area contributed by atoms with Crippen LogP contribution in [0.1, 0.15) is 36.0 Å². The van der Waals surface area contributed by atoms with Gasteiger partial charge in [-0.3, -0.25) is 0 Å². The zero-order valence-corrected chi connectivity index (χ0v) is 12.5. The van der Waals surface area contributed by atoms with Crippen molar-refractivity contribution in [1.82, 2.24) is 4.98 Å². The van der Waals surface area contributed by atoms with Gasteiger partial charge in [0.2, 0.25) is 0 Å². The molecule has 0 atom stereocenters. The number of aromatic nitrogens is 1. The summed E-state index contributed by atoms with van der Waals surface area (Å²) in [5.41, 5.74) is 2.30. The van der Waals surface area contributed by atoms with Crippen LogP contribution >= 0.6 is 0 Å². The Balaban J connectivity index is 1.77. The predicted octanol–water partition coefficient (Wildman–Crippen LogP) is 3.83. The van der Waals surface area contributed by atoms with Gasteiger partial charge in [0.25, 0.3) is 0 Å². The zero-order chi connectivity index (χ0) is 15.4. The second-order valence-electron chi connectivity index (χ2n) is 5.69. The lowest BCUT2D eigenvalue weighted by Gasteiger charge is -2.21. The molecule has 0 radical (unpaired) electrons. The summed E-state index contributed by atoms with van der Waals surface area (Å²) in [6.07, 6.45) is 6.96. The Bertz CT molecular complexity index is 627. The molecule has 0 aliphatic carbocycles. The number of carboxylic acids is 1. The van der Waals surface area contributed by atoms with E-state index in [0.29, 0.717) is 5.56 Å². The van der Waals surface area contributed by atoms with E-state index in [2.05, 4.69) is 22.0 Å². The number of nitrogens with zero attached hydrogens (tertiary/aromatic N) is 2. The van der Waals surface area contributed by atoms with Gasteiger partial charge in [0.15, 0.2) is 0 Å². The highest BCUT2D eigenvalue weighted by Gasteiger charge is 2.11. The number of pyridine rings is 1. The largest absolute Gasteiger partial charge is 0.478 e. The molecule has 3 rings (SSSR count). The second-order valence-corrected chi connectivity index (χ2v) is 5.69. The van der Waals surface area contributed by atoms with Crippen molar-refractivity contribution in [3.63, 3.8) is 0 Å². The van der Waals surface area contributed by atoms with Crippen LogP contribution in [0.25, 0.3) is 11.1 Å². The molecule has 1 aliphatic heterocycles. The molecule has 0 unspecified atom stereocenters. The number of hydrogen-bond acceptors (Lipinski definition) is 3. The third-order valence-corrected chi connectivity index (χ3v) is 4.14. The number of carbonyl (C=O) groups is 1. The van der Waals surface area contributed by atoms with Crippen molar-refractivity contribution in [2.45, 2.75) is 25.7 Å². The van der Waals surface area contributed by atoms with Gasteiger partial charge < -0.3 is 10.0 Å². The first-order valence-electron chi connectivity index (χ1n) is 7.79. The van der Waals surface area contributed by atoms with Crippen LogP contribution in [0.5, 0.6) is 0 Å². The molecule has 1 aromatic heterocycles. The van der Waals surface area contributed by atoms with Crippen LogP contribution in [0.3, 0.4) is 0 Å². The summed E-state index contributed by atoms with van der Waals surface area (Å²) < 4.78 is 0. The molecular formula is C18H20N2O2. The van der Waals surface area contributed by atoms with Crippen LogP contribution in [0.4, 0.5) is 5.82 Å². The van der Waals surface area contributed by atoms with E-state index in [4.69, 9.17) is 5.11 Å². The van der Waals surface area contributed by atoms with Crippen molar-refractivity contribution >= 4 is 11.8 Å². The van der Waals surface area contributed by atoms with Gasteiger partial charge in [0.05, 0.1) is 5.56 Å². The Labute approximate surface area is 130 Å². The van der Waals surface area contributed by atoms with Gasteiger partial charge in [-0.1, -0.05) is 25.0 Å². The van der Waals surface area contributed by atoms with Crippen LogP contribution in [0.15, 0.2) is 42.6 Å². The monoisotopic (exact) mass is 296 g/mol. The van der Waals surface area contributed by atoms with Crippen molar-refractivity contribution in [2.75, 3.05) is 18.0 Å². The molecule has 2 aromatic rings. The Morgan fingerprint density at radius 1 is 0.909 bits per heavy atom.